The molecule has 2 aromatic heterocycles. The van der Waals surface area contributed by atoms with Crippen molar-refractivity contribution in [2.45, 2.75) is 0 Å². The quantitative estimate of drug-likeness (QED) is 0.575. The van der Waals surface area contributed by atoms with Gasteiger partial charge in [-0.1, -0.05) is 18.2 Å². The molecule has 1 N–H and O–H groups in total. The van der Waals surface area contributed by atoms with E-state index >= 15 is 0 Å². The number of anilines is 1. The molecule has 4 nitrogen and oxygen atoms in total. The van der Waals surface area contributed by atoms with Gasteiger partial charge in [-0.2, -0.15) is 0 Å². The summed E-state index contributed by atoms with van der Waals surface area (Å²) in [6, 6.07) is 11.7. The summed E-state index contributed by atoms with van der Waals surface area (Å²) in [5, 5.41) is 6.45. The Morgan fingerprint density at radius 1 is 1.15 bits per heavy atom. The van der Waals surface area contributed by atoms with E-state index in [-0.39, 0.29) is 5.28 Å². The van der Waals surface area contributed by atoms with E-state index in [9.17, 15) is 0 Å². The molecule has 1 aromatic carbocycles. The third-order valence-electron chi connectivity index (χ3n) is 2.70. The molecule has 0 radical (unpaired) electrons. The standard InChI is InChI=1S/C14H12ClN3OS/c15-14-17-12(11-6-9-20-13(11)18-14)16-7-8-19-10-4-2-1-3-5-10/h1-6,9H,7-8H2,(H,16,17,18). The fourth-order valence-electron chi connectivity index (χ4n) is 1.82. The molecule has 3 aromatic rings. The predicted octanol–water partition coefficient (Wildman–Crippen LogP) is 3.84. The number of hydrogen-bond donors (Lipinski definition) is 1. The first-order valence-electron chi connectivity index (χ1n) is 6.15. The Hall–Kier alpha value is -1.85. The van der Waals surface area contributed by atoms with Crippen LogP contribution < -0.4 is 10.1 Å². The summed E-state index contributed by atoms with van der Waals surface area (Å²) in [5.41, 5.74) is 0. The van der Waals surface area contributed by atoms with Gasteiger partial charge in [-0.05, 0) is 35.2 Å². The molecule has 0 aliphatic carbocycles. The molecule has 0 atom stereocenters. The molecular weight excluding hydrogens is 294 g/mol. The van der Waals surface area contributed by atoms with Crippen molar-refractivity contribution in [3.8, 4) is 5.75 Å². The summed E-state index contributed by atoms with van der Waals surface area (Å²) in [6.45, 7) is 1.20. The first kappa shape index (κ1) is 13.1. The van der Waals surface area contributed by atoms with E-state index in [0.29, 0.717) is 13.2 Å². The smallest absolute Gasteiger partial charge is 0.225 e. The number of hydrogen-bond acceptors (Lipinski definition) is 5. The minimum Gasteiger partial charge on any atom is -0.492 e. The van der Waals surface area contributed by atoms with Gasteiger partial charge < -0.3 is 10.1 Å². The molecule has 0 fully saturated rings. The van der Waals surface area contributed by atoms with Crippen LogP contribution in [0.15, 0.2) is 41.8 Å². The van der Waals surface area contributed by atoms with Crippen LogP contribution in [0, 0.1) is 0 Å². The van der Waals surface area contributed by atoms with Crippen molar-refractivity contribution in [3.05, 3.63) is 47.1 Å². The molecule has 0 aliphatic rings. The van der Waals surface area contributed by atoms with Crippen LogP contribution in [-0.4, -0.2) is 23.1 Å². The highest BCUT2D eigenvalue weighted by atomic mass is 35.5. The lowest BCUT2D eigenvalue weighted by Crippen LogP contribution is -2.12. The van der Waals surface area contributed by atoms with E-state index in [0.717, 1.165) is 21.8 Å². The molecule has 0 bridgehead atoms. The molecule has 0 saturated heterocycles. The number of halogens is 1. The first-order chi connectivity index (χ1) is 9.83. The van der Waals surface area contributed by atoms with Gasteiger partial charge in [0.2, 0.25) is 5.28 Å². The lowest BCUT2D eigenvalue weighted by Gasteiger charge is -2.08. The van der Waals surface area contributed by atoms with Gasteiger partial charge in [0.15, 0.2) is 0 Å². The van der Waals surface area contributed by atoms with Crippen LogP contribution in [0.1, 0.15) is 0 Å². The Bertz CT molecular complexity index is 702. The molecule has 0 amide bonds. The second-order valence-electron chi connectivity index (χ2n) is 4.07. The SMILES string of the molecule is Clc1nc(NCCOc2ccccc2)c2ccsc2n1. The molecular formula is C14H12ClN3OS. The van der Waals surface area contributed by atoms with Gasteiger partial charge in [0, 0.05) is 0 Å². The van der Waals surface area contributed by atoms with Crippen LogP contribution in [-0.2, 0) is 0 Å². The number of rotatable bonds is 5. The van der Waals surface area contributed by atoms with Crippen LogP contribution in [0.5, 0.6) is 5.75 Å². The molecule has 6 heteroatoms. The molecule has 0 aliphatic heterocycles. The number of benzene rings is 1. The van der Waals surface area contributed by atoms with Crippen LogP contribution in [0.3, 0.4) is 0 Å². The van der Waals surface area contributed by atoms with Crippen molar-refractivity contribution in [2.75, 3.05) is 18.5 Å². The molecule has 0 unspecified atom stereocenters. The molecule has 0 spiro atoms. The number of fused-ring (bicyclic) bond motifs is 1. The van der Waals surface area contributed by atoms with E-state index in [4.69, 9.17) is 16.3 Å². The van der Waals surface area contributed by atoms with Gasteiger partial charge in [0.25, 0.3) is 0 Å². The Balaban J connectivity index is 1.61. The van der Waals surface area contributed by atoms with Crippen LogP contribution >= 0.6 is 22.9 Å². The third kappa shape index (κ3) is 3.00. The van der Waals surface area contributed by atoms with Crippen LogP contribution in [0.25, 0.3) is 10.2 Å². The summed E-state index contributed by atoms with van der Waals surface area (Å²) < 4.78 is 5.62. The van der Waals surface area contributed by atoms with E-state index in [1.807, 2.05) is 41.8 Å². The minimum absolute atomic E-state index is 0.256. The van der Waals surface area contributed by atoms with Crippen LogP contribution in [0.2, 0.25) is 5.28 Å². The average molecular weight is 306 g/mol. The lowest BCUT2D eigenvalue weighted by atomic mass is 10.3. The third-order valence-corrected chi connectivity index (χ3v) is 3.68. The summed E-state index contributed by atoms with van der Waals surface area (Å²) >= 11 is 7.45. The molecule has 2 heterocycles. The van der Waals surface area contributed by atoms with Gasteiger partial charge in [-0.15, -0.1) is 11.3 Å². The number of aromatic nitrogens is 2. The Morgan fingerprint density at radius 3 is 2.85 bits per heavy atom. The van der Waals surface area contributed by atoms with Crippen molar-refractivity contribution in [1.82, 2.24) is 9.97 Å². The maximum absolute atomic E-state index is 5.90. The molecule has 3 rings (SSSR count). The normalized spacial score (nSPS) is 10.7. The van der Waals surface area contributed by atoms with Gasteiger partial charge >= 0.3 is 0 Å². The van der Waals surface area contributed by atoms with Gasteiger partial charge in [-0.3, -0.25) is 0 Å². The highest BCUT2D eigenvalue weighted by molar-refractivity contribution is 7.16. The average Bonchev–Trinajstić information content (AvgIpc) is 2.92. The summed E-state index contributed by atoms with van der Waals surface area (Å²) in [7, 11) is 0. The van der Waals surface area contributed by atoms with Crippen molar-refractivity contribution in [1.29, 1.82) is 0 Å². The number of para-hydroxylation sites is 1. The zero-order chi connectivity index (χ0) is 13.8. The van der Waals surface area contributed by atoms with E-state index in [1.54, 1.807) is 11.3 Å². The summed E-state index contributed by atoms with van der Waals surface area (Å²) in [6.07, 6.45) is 0. The number of nitrogens with zero attached hydrogens (tertiary/aromatic N) is 2. The maximum Gasteiger partial charge on any atom is 0.225 e. The Kier molecular flexibility index (Phi) is 3.99. The predicted molar refractivity (Wildman–Crippen MR) is 82.9 cm³/mol. The highest BCUT2D eigenvalue weighted by Gasteiger charge is 2.07. The number of nitrogens with one attached hydrogen (secondary N) is 1. The fourth-order valence-corrected chi connectivity index (χ4v) is 2.80. The van der Waals surface area contributed by atoms with Gasteiger partial charge in [-0.25, -0.2) is 9.97 Å². The van der Waals surface area contributed by atoms with Crippen molar-refractivity contribution >= 4 is 39.0 Å². The van der Waals surface area contributed by atoms with Crippen molar-refractivity contribution in [3.63, 3.8) is 0 Å². The molecule has 0 saturated carbocycles. The molecule has 102 valence electrons. The highest BCUT2D eigenvalue weighted by Crippen LogP contribution is 2.26. The molecule has 20 heavy (non-hydrogen) atoms. The Morgan fingerprint density at radius 2 is 2.00 bits per heavy atom. The first-order valence-corrected chi connectivity index (χ1v) is 7.41. The zero-order valence-electron chi connectivity index (χ0n) is 10.5. The number of thiophene rings is 1. The van der Waals surface area contributed by atoms with E-state index in [1.165, 1.54) is 0 Å². The summed E-state index contributed by atoms with van der Waals surface area (Å²) in [5.74, 6) is 1.61. The van der Waals surface area contributed by atoms with E-state index < -0.39 is 0 Å². The second-order valence-corrected chi connectivity index (χ2v) is 5.30. The Labute approximate surface area is 125 Å². The zero-order valence-corrected chi connectivity index (χ0v) is 12.1. The van der Waals surface area contributed by atoms with Crippen molar-refractivity contribution in [2.24, 2.45) is 0 Å². The monoisotopic (exact) mass is 305 g/mol. The largest absolute Gasteiger partial charge is 0.492 e. The summed E-state index contributed by atoms with van der Waals surface area (Å²) in [4.78, 5) is 9.27. The van der Waals surface area contributed by atoms with Crippen LogP contribution in [0.4, 0.5) is 5.82 Å². The fraction of sp³-hybridized carbons (Fsp3) is 0.143. The van der Waals surface area contributed by atoms with E-state index in [2.05, 4.69) is 15.3 Å². The second kappa shape index (κ2) is 6.07. The van der Waals surface area contributed by atoms with Gasteiger partial charge in [0.05, 0.1) is 11.9 Å². The minimum atomic E-state index is 0.256. The topological polar surface area (TPSA) is 47.0 Å². The van der Waals surface area contributed by atoms with Crippen molar-refractivity contribution < 1.29 is 4.74 Å². The van der Waals surface area contributed by atoms with Gasteiger partial charge in [0.1, 0.15) is 23.0 Å². The maximum atomic E-state index is 5.90. The lowest BCUT2D eigenvalue weighted by molar-refractivity contribution is 0.333. The number of ether oxygens (including phenoxy) is 1.